The molecule has 0 aliphatic carbocycles. The second-order valence-electron chi connectivity index (χ2n) is 4.37. The van der Waals surface area contributed by atoms with E-state index in [4.69, 9.17) is 15.7 Å². The van der Waals surface area contributed by atoms with Crippen LogP contribution in [0.1, 0.15) is 12.5 Å². The van der Waals surface area contributed by atoms with Gasteiger partial charge in [0.1, 0.15) is 0 Å². The topological polar surface area (TPSA) is 62.3 Å². The molecule has 1 aromatic rings. The molecule has 0 bridgehead atoms. The Morgan fingerprint density at radius 2 is 2.18 bits per heavy atom. The minimum absolute atomic E-state index is 0.0381. The number of nitrogens with zero attached hydrogens (tertiary/aromatic N) is 2. The second-order valence-corrected chi connectivity index (χ2v) is 4.37. The van der Waals surface area contributed by atoms with Gasteiger partial charge in [0.05, 0.1) is 24.3 Å². The first-order valence-electron chi connectivity index (χ1n) is 5.83. The van der Waals surface area contributed by atoms with Crippen LogP contribution in [-0.2, 0) is 4.74 Å². The number of ether oxygens (including phenoxy) is 1. The largest absolute Gasteiger partial charge is 0.373 e. The Kier molecular flexibility index (Phi) is 3.62. The Bertz CT molecular complexity index is 408. The van der Waals surface area contributed by atoms with Gasteiger partial charge in [-0.3, -0.25) is 0 Å². The first-order valence-corrected chi connectivity index (χ1v) is 5.83. The number of nitriles is 1. The van der Waals surface area contributed by atoms with Gasteiger partial charge in [-0.1, -0.05) is 0 Å². The van der Waals surface area contributed by atoms with Gasteiger partial charge in [0.25, 0.3) is 0 Å². The summed E-state index contributed by atoms with van der Waals surface area (Å²) in [4.78, 5) is 2.25. The quantitative estimate of drug-likeness (QED) is 0.828. The number of hydrogen-bond donors (Lipinski definition) is 1. The summed E-state index contributed by atoms with van der Waals surface area (Å²) in [5, 5.41) is 8.75. The van der Waals surface area contributed by atoms with Crippen molar-refractivity contribution in [1.82, 2.24) is 0 Å². The van der Waals surface area contributed by atoms with E-state index in [1.807, 2.05) is 31.2 Å². The van der Waals surface area contributed by atoms with Crippen LogP contribution in [0.15, 0.2) is 24.3 Å². The molecule has 1 aliphatic rings. The summed E-state index contributed by atoms with van der Waals surface area (Å²) < 4.78 is 5.62. The summed E-state index contributed by atoms with van der Waals surface area (Å²) >= 11 is 0. The molecule has 17 heavy (non-hydrogen) atoms. The SMILES string of the molecule is CC(N)C1CN(c2ccc(C#N)cc2)CCO1. The lowest BCUT2D eigenvalue weighted by Gasteiger charge is -2.36. The van der Waals surface area contributed by atoms with Crippen LogP contribution >= 0.6 is 0 Å². The molecule has 90 valence electrons. The molecule has 1 heterocycles. The van der Waals surface area contributed by atoms with Crippen LogP contribution in [0.2, 0.25) is 0 Å². The van der Waals surface area contributed by atoms with Gasteiger partial charge in [0.2, 0.25) is 0 Å². The normalized spacial score (nSPS) is 21.9. The van der Waals surface area contributed by atoms with E-state index in [-0.39, 0.29) is 12.1 Å². The summed E-state index contributed by atoms with van der Waals surface area (Å²) in [6.07, 6.45) is 0.0828. The zero-order chi connectivity index (χ0) is 12.3. The van der Waals surface area contributed by atoms with Gasteiger partial charge in [-0.15, -0.1) is 0 Å². The zero-order valence-corrected chi connectivity index (χ0v) is 9.97. The fourth-order valence-corrected chi connectivity index (χ4v) is 1.97. The summed E-state index contributed by atoms with van der Waals surface area (Å²) in [6, 6.07) is 9.79. The number of rotatable bonds is 2. The maximum Gasteiger partial charge on any atom is 0.0991 e. The highest BCUT2D eigenvalue weighted by molar-refractivity contribution is 5.50. The van der Waals surface area contributed by atoms with Crippen LogP contribution in [0.5, 0.6) is 0 Å². The molecule has 0 aromatic heterocycles. The minimum Gasteiger partial charge on any atom is -0.373 e. The molecule has 1 aliphatic heterocycles. The van der Waals surface area contributed by atoms with E-state index >= 15 is 0 Å². The van der Waals surface area contributed by atoms with E-state index in [2.05, 4.69) is 11.0 Å². The highest BCUT2D eigenvalue weighted by Crippen LogP contribution is 2.19. The molecule has 0 spiro atoms. The average Bonchev–Trinajstić information content (AvgIpc) is 2.39. The summed E-state index contributed by atoms with van der Waals surface area (Å²) in [5.74, 6) is 0. The molecule has 1 fully saturated rings. The molecule has 2 N–H and O–H groups in total. The van der Waals surface area contributed by atoms with Gasteiger partial charge in [-0.25, -0.2) is 0 Å². The average molecular weight is 231 g/mol. The van der Waals surface area contributed by atoms with Gasteiger partial charge in [-0.05, 0) is 31.2 Å². The molecular weight excluding hydrogens is 214 g/mol. The number of nitrogens with two attached hydrogens (primary N) is 1. The molecule has 1 saturated heterocycles. The van der Waals surface area contributed by atoms with Gasteiger partial charge >= 0.3 is 0 Å². The van der Waals surface area contributed by atoms with E-state index in [9.17, 15) is 0 Å². The second kappa shape index (κ2) is 5.17. The molecule has 2 rings (SSSR count). The first kappa shape index (κ1) is 11.9. The highest BCUT2D eigenvalue weighted by Gasteiger charge is 2.23. The van der Waals surface area contributed by atoms with Gasteiger partial charge in [0.15, 0.2) is 0 Å². The smallest absolute Gasteiger partial charge is 0.0991 e. The molecule has 0 radical (unpaired) electrons. The zero-order valence-electron chi connectivity index (χ0n) is 9.97. The predicted octanol–water partition coefficient (Wildman–Crippen LogP) is 1.11. The van der Waals surface area contributed by atoms with E-state index in [0.29, 0.717) is 12.2 Å². The van der Waals surface area contributed by atoms with Crippen molar-refractivity contribution in [2.24, 2.45) is 5.73 Å². The Hall–Kier alpha value is -1.57. The van der Waals surface area contributed by atoms with E-state index in [1.54, 1.807) is 0 Å². The number of anilines is 1. The standard InChI is InChI=1S/C13H17N3O/c1-10(15)13-9-16(6-7-17-13)12-4-2-11(8-14)3-5-12/h2-5,10,13H,6-7,9,15H2,1H3. The minimum atomic E-state index is 0.0381. The van der Waals surface area contributed by atoms with Crippen LogP contribution in [-0.4, -0.2) is 31.8 Å². The highest BCUT2D eigenvalue weighted by atomic mass is 16.5. The van der Waals surface area contributed by atoms with Crippen molar-refractivity contribution in [3.8, 4) is 6.07 Å². The molecule has 1 aromatic carbocycles. The third kappa shape index (κ3) is 2.76. The molecule has 4 heteroatoms. The number of hydrogen-bond acceptors (Lipinski definition) is 4. The predicted molar refractivity (Wildman–Crippen MR) is 66.8 cm³/mol. The molecule has 4 nitrogen and oxygen atoms in total. The van der Waals surface area contributed by atoms with Crippen LogP contribution in [0.25, 0.3) is 0 Å². The van der Waals surface area contributed by atoms with E-state index in [1.165, 1.54) is 0 Å². The maximum absolute atomic E-state index is 8.75. The van der Waals surface area contributed by atoms with Crippen molar-refractivity contribution in [3.63, 3.8) is 0 Å². The monoisotopic (exact) mass is 231 g/mol. The Morgan fingerprint density at radius 1 is 1.47 bits per heavy atom. The molecule has 2 unspecified atom stereocenters. The third-order valence-electron chi connectivity index (χ3n) is 3.04. The molecule has 2 atom stereocenters. The van der Waals surface area contributed by atoms with Crippen molar-refractivity contribution >= 4 is 5.69 Å². The lowest BCUT2D eigenvalue weighted by molar-refractivity contribution is 0.0276. The summed E-state index contributed by atoms with van der Waals surface area (Å²) in [6.45, 7) is 4.35. The van der Waals surface area contributed by atoms with Crippen molar-refractivity contribution in [2.45, 2.75) is 19.1 Å². The van der Waals surface area contributed by atoms with Crippen LogP contribution in [0, 0.1) is 11.3 Å². The van der Waals surface area contributed by atoms with Gasteiger partial charge < -0.3 is 15.4 Å². The maximum atomic E-state index is 8.75. The van der Waals surface area contributed by atoms with E-state index in [0.717, 1.165) is 18.8 Å². The van der Waals surface area contributed by atoms with Crippen LogP contribution in [0.4, 0.5) is 5.69 Å². The van der Waals surface area contributed by atoms with Crippen molar-refractivity contribution in [2.75, 3.05) is 24.6 Å². The van der Waals surface area contributed by atoms with Gasteiger partial charge in [0, 0.05) is 24.8 Å². The number of morpholine rings is 1. The molecular formula is C13H17N3O. The lowest BCUT2D eigenvalue weighted by Crippen LogP contribution is -2.49. The molecule has 0 saturated carbocycles. The fourth-order valence-electron chi connectivity index (χ4n) is 1.97. The fraction of sp³-hybridized carbons (Fsp3) is 0.462. The van der Waals surface area contributed by atoms with Gasteiger partial charge in [-0.2, -0.15) is 5.26 Å². The van der Waals surface area contributed by atoms with Crippen LogP contribution in [0.3, 0.4) is 0 Å². The third-order valence-corrected chi connectivity index (χ3v) is 3.04. The number of benzene rings is 1. The van der Waals surface area contributed by atoms with E-state index < -0.39 is 0 Å². The van der Waals surface area contributed by atoms with Crippen molar-refractivity contribution < 1.29 is 4.74 Å². The lowest BCUT2D eigenvalue weighted by atomic mass is 10.1. The summed E-state index contributed by atoms with van der Waals surface area (Å²) in [5.41, 5.74) is 7.67. The first-order chi connectivity index (χ1) is 8.20. The summed E-state index contributed by atoms with van der Waals surface area (Å²) in [7, 11) is 0. The van der Waals surface area contributed by atoms with Crippen molar-refractivity contribution in [3.05, 3.63) is 29.8 Å². The van der Waals surface area contributed by atoms with Crippen molar-refractivity contribution in [1.29, 1.82) is 5.26 Å². The Labute approximate surface area is 102 Å². The Balaban J connectivity index is 2.08. The Morgan fingerprint density at radius 3 is 2.76 bits per heavy atom. The molecule has 0 amide bonds. The van der Waals surface area contributed by atoms with Crippen LogP contribution < -0.4 is 10.6 Å².